The molecule has 2 amide bonds. The molecule has 1 aliphatic carbocycles. The number of halogens is 1. The molecule has 6 heteroatoms. The predicted molar refractivity (Wildman–Crippen MR) is 122 cm³/mol. The van der Waals surface area contributed by atoms with Crippen molar-refractivity contribution in [2.24, 2.45) is 0 Å². The summed E-state index contributed by atoms with van der Waals surface area (Å²) in [6.45, 7) is 2.28. The van der Waals surface area contributed by atoms with E-state index in [0.717, 1.165) is 49.4 Å². The Morgan fingerprint density at radius 1 is 1.13 bits per heavy atom. The molecule has 1 aliphatic rings. The minimum Gasteiger partial charge on any atom is -0.322 e. The zero-order valence-electron chi connectivity index (χ0n) is 17.8. The number of urea groups is 1. The molecule has 1 aromatic heterocycles. The molecule has 3 aromatic rings. The number of anilines is 1. The van der Waals surface area contributed by atoms with Crippen LogP contribution in [0.5, 0.6) is 0 Å². The van der Waals surface area contributed by atoms with Crippen molar-refractivity contribution in [2.75, 3.05) is 5.32 Å². The summed E-state index contributed by atoms with van der Waals surface area (Å²) in [6, 6.07) is 13.7. The van der Waals surface area contributed by atoms with Gasteiger partial charge in [0.15, 0.2) is 0 Å². The molecule has 2 aromatic carbocycles. The Morgan fingerprint density at radius 3 is 2.65 bits per heavy atom. The van der Waals surface area contributed by atoms with Crippen molar-refractivity contribution in [3.8, 4) is 0 Å². The Bertz CT molecular complexity index is 1140. The first-order chi connectivity index (χ1) is 15.0. The van der Waals surface area contributed by atoms with Gasteiger partial charge in [0.2, 0.25) is 0 Å². The SMILES string of the molecule is CCc1ccc2[nH]c(=O)c(CN(C(=O)Nc3ccccc3F)C3CCCCC3)cc2c1. The van der Waals surface area contributed by atoms with Gasteiger partial charge in [-0.1, -0.05) is 44.4 Å². The Kier molecular flexibility index (Phi) is 6.35. The molecule has 0 atom stereocenters. The van der Waals surface area contributed by atoms with Crippen LogP contribution >= 0.6 is 0 Å². The number of carbonyl (C=O) groups is 1. The van der Waals surface area contributed by atoms with E-state index in [1.54, 1.807) is 23.1 Å². The molecule has 1 saturated carbocycles. The molecular formula is C25H28FN3O2. The predicted octanol–water partition coefficient (Wildman–Crippen LogP) is 5.60. The fourth-order valence-electron chi connectivity index (χ4n) is 4.33. The number of para-hydroxylation sites is 1. The smallest absolute Gasteiger partial charge is 0.322 e. The van der Waals surface area contributed by atoms with Crippen LogP contribution in [0.25, 0.3) is 10.9 Å². The van der Waals surface area contributed by atoms with Gasteiger partial charge in [-0.05, 0) is 60.5 Å². The van der Waals surface area contributed by atoms with Crippen molar-refractivity contribution in [3.05, 3.63) is 75.8 Å². The van der Waals surface area contributed by atoms with Crippen LogP contribution in [-0.4, -0.2) is 22.0 Å². The lowest BCUT2D eigenvalue weighted by Gasteiger charge is -2.34. The molecular weight excluding hydrogens is 393 g/mol. The van der Waals surface area contributed by atoms with Gasteiger partial charge in [0.25, 0.3) is 5.56 Å². The number of rotatable bonds is 5. The summed E-state index contributed by atoms with van der Waals surface area (Å²) in [4.78, 5) is 30.6. The monoisotopic (exact) mass is 421 g/mol. The lowest BCUT2D eigenvalue weighted by molar-refractivity contribution is 0.162. The first-order valence-electron chi connectivity index (χ1n) is 11.0. The summed E-state index contributed by atoms with van der Waals surface area (Å²) in [7, 11) is 0. The molecule has 31 heavy (non-hydrogen) atoms. The number of benzene rings is 2. The quantitative estimate of drug-likeness (QED) is 0.563. The number of hydrogen-bond acceptors (Lipinski definition) is 2. The van der Waals surface area contributed by atoms with Crippen LogP contribution in [0.3, 0.4) is 0 Å². The van der Waals surface area contributed by atoms with E-state index in [-0.39, 0.29) is 29.9 Å². The molecule has 0 spiro atoms. The highest BCUT2D eigenvalue weighted by atomic mass is 19.1. The van der Waals surface area contributed by atoms with Gasteiger partial charge in [-0.25, -0.2) is 9.18 Å². The largest absolute Gasteiger partial charge is 0.322 e. The van der Waals surface area contributed by atoms with Crippen LogP contribution in [0, 0.1) is 5.82 Å². The minimum atomic E-state index is -0.477. The van der Waals surface area contributed by atoms with Gasteiger partial charge >= 0.3 is 6.03 Å². The number of fused-ring (bicyclic) bond motifs is 1. The van der Waals surface area contributed by atoms with E-state index in [0.29, 0.717) is 5.56 Å². The number of amides is 2. The van der Waals surface area contributed by atoms with E-state index in [1.807, 2.05) is 18.2 Å². The van der Waals surface area contributed by atoms with Crippen molar-refractivity contribution in [3.63, 3.8) is 0 Å². The maximum atomic E-state index is 14.1. The summed E-state index contributed by atoms with van der Waals surface area (Å²) >= 11 is 0. The number of hydrogen-bond donors (Lipinski definition) is 2. The number of H-pyrrole nitrogens is 1. The van der Waals surface area contributed by atoms with Crippen molar-refractivity contribution >= 4 is 22.6 Å². The van der Waals surface area contributed by atoms with Crippen LogP contribution in [0.2, 0.25) is 0 Å². The van der Waals surface area contributed by atoms with E-state index in [2.05, 4.69) is 23.3 Å². The fourth-order valence-corrected chi connectivity index (χ4v) is 4.33. The molecule has 0 saturated heterocycles. The third-order valence-electron chi connectivity index (χ3n) is 6.13. The molecule has 1 fully saturated rings. The van der Waals surface area contributed by atoms with Crippen molar-refractivity contribution < 1.29 is 9.18 Å². The second-order valence-electron chi connectivity index (χ2n) is 8.23. The maximum Gasteiger partial charge on any atom is 0.322 e. The zero-order chi connectivity index (χ0) is 21.8. The Morgan fingerprint density at radius 2 is 1.90 bits per heavy atom. The fraction of sp³-hybridized carbons (Fsp3) is 0.360. The van der Waals surface area contributed by atoms with E-state index < -0.39 is 5.82 Å². The van der Waals surface area contributed by atoms with Crippen LogP contribution in [0.4, 0.5) is 14.9 Å². The molecule has 0 aliphatic heterocycles. The summed E-state index contributed by atoms with van der Waals surface area (Å²) in [6.07, 6.45) is 5.91. The zero-order valence-corrected chi connectivity index (χ0v) is 17.8. The summed E-state index contributed by atoms with van der Waals surface area (Å²) in [5, 5.41) is 3.65. The summed E-state index contributed by atoms with van der Waals surface area (Å²) < 4.78 is 14.1. The minimum absolute atomic E-state index is 0.0256. The average Bonchev–Trinajstić information content (AvgIpc) is 2.79. The first-order valence-corrected chi connectivity index (χ1v) is 11.0. The number of nitrogens with zero attached hydrogens (tertiary/aromatic N) is 1. The third kappa shape index (κ3) is 4.79. The van der Waals surface area contributed by atoms with E-state index >= 15 is 0 Å². The van der Waals surface area contributed by atoms with Crippen molar-refractivity contribution in [2.45, 2.75) is 58.0 Å². The van der Waals surface area contributed by atoms with E-state index in [1.165, 1.54) is 11.6 Å². The topological polar surface area (TPSA) is 65.2 Å². The second kappa shape index (κ2) is 9.33. The number of pyridine rings is 1. The van der Waals surface area contributed by atoms with E-state index in [4.69, 9.17) is 0 Å². The van der Waals surface area contributed by atoms with Gasteiger partial charge in [0, 0.05) is 17.1 Å². The highest BCUT2D eigenvalue weighted by Gasteiger charge is 2.27. The number of nitrogens with one attached hydrogen (secondary N) is 2. The Labute approximate surface area is 181 Å². The average molecular weight is 422 g/mol. The normalized spacial score (nSPS) is 14.5. The van der Waals surface area contributed by atoms with Crippen LogP contribution in [0.15, 0.2) is 53.3 Å². The van der Waals surface area contributed by atoms with Gasteiger partial charge in [0.05, 0.1) is 12.2 Å². The van der Waals surface area contributed by atoms with Gasteiger partial charge < -0.3 is 15.2 Å². The lowest BCUT2D eigenvalue weighted by atomic mass is 9.94. The highest BCUT2D eigenvalue weighted by Crippen LogP contribution is 2.25. The molecule has 5 nitrogen and oxygen atoms in total. The van der Waals surface area contributed by atoms with Gasteiger partial charge in [0.1, 0.15) is 5.82 Å². The number of aryl methyl sites for hydroxylation is 1. The first kappa shape index (κ1) is 21.1. The van der Waals surface area contributed by atoms with Crippen LogP contribution in [0.1, 0.15) is 50.2 Å². The van der Waals surface area contributed by atoms with Crippen molar-refractivity contribution in [1.29, 1.82) is 0 Å². The number of aromatic amines is 1. The molecule has 162 valence electrons. The second-order valence-corrected chi connectivity index (χ2v) is 8.23. The number of aromatic nitrogens is 1. The molecule has 4 rings (SSSR count). The molecule has 2 N–H and O–H groups in total. The molecule has 1 heterocycles. The summed E-state index contributed by atoms with van der Waals surface area (Å²) in [5.41, 5.74) is 2.46. The molecule has 0 unspecified atom stereocenters. The summed E-state index contributed by atoms with van der Waals surface area (Å²) in [5.74, 6) is -0.477. The third-order valence-corrected chi connectivity index (χ3v) is 6.13. The van der Waals surface area contributed by atoms with Gasteiger partial charge in [-0.15, -0.1) is 0 Å². The molecule has 0 radical (unpaired) electrons. The van der Waals surface area contributed by atoms with E-state index in [9.17, 15) is 14.0 Å². The van der Waals surface area contributed by atoms with Crippen LogP contribution < -0.4 is 10.9 Å². The maximum absolute atomic E-state index is 14.1. The highest BCUT2D eigenvalue weighted by molar-refractivity contribution is 5.89. The Hall–Kier alpha value is -3.15. The molecule has 0 bridgehead atoms. The van der Waals surface area contributed by atoms with Crippen LogP contribution in [-0.2, 0) is 13.0 Å². The Balaban J connectivity index is 1.65. The number of carbonyl (C=O) groups excluding carboxylic acids is 1. The van der Waals surface area contributed by atoms with Gasteiger partial charge in [-0.3, -0.25) is 4.79 Å². The lowest BCUT2D eigenvalue weighted by Crippen LogP contribution is -2.44. The van der Waals surface area contributed by atoms with Crippen molar-refractivity contribution in [1.82, 2.24) is 9.88 Å². The standard InChI is InChI=1S/C25H28FN3O2/c1-2-17-12-13-22-18(14-17)15-19(24(30)27-22)16-29(20-8-4-3-5-9-20)25(31)28-23-11-7-6-10-21(23)26/h6-7,10-15,20H,2-5,8-9,16H2,1H3,(H,27,30)(H,28,31). The van der Waals surface area contributed by atoms with Gasteiger partial charge in [-0.2, -0.15) is 0 Å².